The van der Waals surface area contributed by atoms with Gasteiger partial charge >= 0.3 is 0 Å². The van der Waals surface area contributed by atoms with Crippen LogP contribution in [0.15, 0.2) is 73.6 Å². The van der Waals surface area contributed by atoms with E-state index in [2.05, 4.69) is 47.7 Å². The largest absolute Gasteiger partial charge is 0.439 e. The van der Waals surface area contributed by atoms with E-state index in [-0.39, 0.29) is 5.91 Å². The first-order valence-corrected chi connectivity index (χ1v) is 12.7. The van der Waals surface area contributed by atoms with Crippen molar-refractivity contribution in [3.05, 3.63) is 79.2 Å². The first kappa shape index (κ1) is 24.4. The molecule has 0 bridgehead atoms. The third-order valence-electron chi connectivity index (χ3n) is 6.76. The van der Waals surface area contributed by atoms with Crippen LogP contribution in [0.3, 0.4) is 0 Å². The van der Waals surface area contributed by atoms with Crippen LogP contribution in [0.5, 0.6) is 11.6 Å². The molecule has 1 saturated heterocycles. The lowest BCUT2D eigenvalue weighted by Crippen LogP contribution is -2.23. The molecule has 1 unspecified atom stereocenters. The fourth-order valence-corrected chi connectivity index (χ4v) is 4.65. The lowest BCUT2D eigenvalue weighted by Gasteiger charge is -2.14. The van der Waals surface area contributed by atoms with Gasteiger partial charge in [0.15, 0.2) is 5.65 Å². The number of likely N-dealkylation sites (N-methyl/N-ethyl adjacent to an activating group) is 1. The maximum atomic E-state index is 12.6. The van der Waals surface area contributed by atoms with Gasteiger partial charge in [-0.2, -0.15) is 0 Å². The van der Waals surface area contributed by atoms with E-state index in [0.717, 1.165) is 41.5 Å². The molecule has 39 heavy (non-hydrogen) atoms. The van der Waals surface area contributed by atoms with E-state index in [1.54, 1.807) is 29.2 Å². The zero-order valence-corrected chi connectivity index (χ0v) is 21.6. The SMILES string of the molecule is Cc1cc(Nc2ncnc3ccc(NC(=O)C=CC4CCCN4C)cc23)ccc1Oc1cc2nncn2cn1. The molecule has 1 fully saturated rings. The number of carbonyl (C=O) groups excluding carboxylic acids is 1. The summed E-state index contributed by atoms with van der Waals surface area (Å²) in [5, 5.41) is 15.0. The van der Waals surface area contributed by atoms with Crippen molar-refractivity contribution in [3.63, 3.8) is 0 Å². The topological polar surface area (TPSA) is 122 Å². The molecule has 0 saturated carbocycles. The number of rotatable bonds is 7. The summed E-state index contributed by atoms with van der Waals surface area (Å²) >= 11 is 0. The molecule has 0 radical (unpaired) electrons. The summed E-state index contributed by atoms with van der Waals surface area (Å²) in [7, 11) is 2.08. The Morgan fingerprint density at radius 1 is 1.08 bits per heavy atom. The second kappa shape index (κ2) is 10.5. The van der Waals surface area contributed by atoms with Crippen molar-refractivity contribution in [1.82, 2.24) is 34.4 Å². The summed E-state index contributed by atoms with van der Waals surface area (Å²) in [6.45, 7) is 3.02. The summed E-state index contributed by atoms with van der Waals surface area (Å²) in [6, 6.07) is 13.4. The first-order chi connectivity index (χ1) is 19.0. The third kappa shape index (κ3) is 5.39. The van der Waals surface area contributed by atoms with Gasteiger partial charge in [-0.25, -0.2) is 15.0 Å². The van der Waals surface area contributed by atoms with Crippen LogP contribution in [0.2, 0.25) is 0 Å². The average Bonchev–Trinajstić information content (AvgIpc) is 3.57. The number of amides is 1. The van der Waals surface area contributed by atoms with Gasteiger partial charge in [-0.1, -0.05) is 6.08 Å². The number of hydrogen-bond donors (Lipinski definition) is 2. The molecule has 6 rings (SSSR count). The number of fused-ring (bicyclic) bond motifs is 2. The van der Waals surface area contributed by atoms with Gasteiger partial charge in [-0.15, -0.1) is 10.2 Å². The highest BCUT2D eigenvalue weighted by Gasteiger charge is 2.18. The summed E-state index contributed by atoms with van der Waals surface area (Å²) in [5.41, 5.74) is 3.83. The van der Waals surface area contributed by atoms with Crippen LogP contribution in [0.4, 0.5) is 17.2 Å². The van der Waals surface area contributed by atoms with E-state index < -0.39 is 0 Å². The van der Waals surface area contributed by atoms with Crippen molar-refractivity contribution >= 4 is 39.6 Å². The smallest absolute Gasteiger partial charge is 0.248 e. The minimum Gasteiger partial charge on any atom is -0.439 e. The maximum Gasteiger partial charge on any atom is 0.248 e. The summed E-state index contributed by atoms with van der Waals surface area (Å²) in [5.74, 6) is 1.57. The van der Waals surface area contributed by atoms with Gasteiger partial charge in [0.1, 0.15) is 30.5 Å². The van der Waals surface area contributed by atoms with Gasteiger partial charge in [0, 0.05) is 34.9 Å². The Kier molecular flexibility index (Phi) is 6.55. The van der Waals surface area contributed by atoms with E-state index in [0.29, 0.717) is 34.8 Å². The second-order valence-electron chi connectivity index (χ2n) is 9.52. The molecular formula is C28H27N9O2. The monoisotopic (exact) mass is 521 g/mol. The van der Waals surface area contributed by atoms with Crippen LogP contribution in [0.1, 0.15) is 18.4 Å². The highest BCUT2D eigenvalue weighted by atomic mass is 16.5. The van der Waals surface area contributed by atoms with E-state index in [4.69, 9.17) is 4.74 Å². The first-order valence-electron chi connectivity index (χ1n) is 12.7. The molecule has 11 nitrogen and oxygen atoms in total. The predicted molar refractivity (Wildman–Crippen MR) is 148 cm³/mol. The van der Waals surface area contributed by atoms with Crippen LogP contribution < -0.4 is 15.4 Å². The standard InChI is InChI=1S/C28H27N9O2/c1-18-12-19(6-9-24(18)39-27-14-25-35-32-17-37(25)16-31-27)34-28-22-13-20(5-8-23(22)29-15-30-28)33-26(38)10-7-21-4-3-11-36(21)2/h5-10,12-17,21H,3-4,11H2,1-2H3,(H,33,38)(H,29,30,34). The quantitative estimate of drug-likeness (QED) is 0.298. The summed E-state index contributed by atoms with van der Waals surface area (Å²) in [6.07, 6.45) is 10.5. The molecule has 196 valence electrons. The van der Waals surface area contributed by atoms with Gasteiger partial charge < -0.3 is 15.4 Å². The van der Waals surface area contributed by atoms with Gasteiger partial charge in [-0.3, -0.25) is 14.1 Å². The molecule has 0 spiro atoms. The predicted octanol–water partition coefficient (Wildman–Crippen LogP) is 4.50. The van der Waals surface area contributed by atoms with Gasteiger partial charge in [0.05, 0.1) is 5.52 Å². The van der Waals surface area contributed by atoms with Gasteiger partial charge in [-0.05, 0) is 75.3 Å². The molecule has 1 aliphatic rings. The lowest BCUT2D eigenvalue weighted by atomic mass is 10.1. The minimum atomic E-state index is -0.162. The molecule has 5 aromatic rings. The average molecular weight is 522 g/mol. The van der Waals surface area contributed by atoms with Crippen LogP contribution in [0.25, 0.3) is 16.6 Å². The second-order valence-corrected chi connectivity index (χ2v) is 9.52. The molecule has 4 heterocycles. The number of ether oxygens (including phenoxy) is 1. The van der Waals surface area contributed by atoms with Crippen molar-refractivity contribution in [2.24, 2.45) is 0 Å². The number of likely N-dealkylation sites (tertiary alicyclic amines) is 1. The normalized spacial score (nSPS) is 15.8. The summed E-state index contributed by atoms with van der Waals surface area (Å²) < 4.78 is 7.69. The number of anilines is 3. The van der Waals surface area contributed by atoms with Crippen molar-refractivity contribution in [1.29, 1.82) is 0 Å². The maximum absolute atomic E-state index is 12.6. The Morgan fingerprint density at radius 3 is 2.82 bits per heavy atom. The van der Waals surface area contributed by atoms with Crippen LogP contribution in [0, 0.1) is 6.92 Å². The number of carbonyl (C=O) groups is 1. The van der Waals surface area contributed by atoms with Crippen LogP contribution >= 0.6 is 0 Å². The van der Waals surface area contributed by atoms with Gasteiger partial charge in [0.2, 0.25) is 11.8 Å². The number of aromatic nitrogens is 6. The molecule has 3 aromatic heterocycles. The van der Waals surface area contributed by atoms with Gasteiger partial charge in [0.25, 0.3) is 0 Å². The fourth-order valence-electron chi connectivity index (χ4n) is 4.65. The minimum absolute atomic E-state index is 0.162. The Labute approximate surface area is 224 Å². The molecule has 2 N–H and O–H groups in total. The van der Waals surface area contributed by atoms with Crippen molar-refractivity contribution < 1.29 is 9.53 Å². The Bertz CT molecular complexity index is 1700. The van der Waals surface area contributed by atoms with Crippen LogP contribution in [-0.4, -0.2) is 60.0 Å². The van der Waals surface area contributed by atoms with E-state index in [1.165, 1.54) is 6.33 Å². The number of aryl methyl sites for hydroxylation is 1. The van der Waals surface area contributed by atoms with Crippen molar-refractivity contribution in [3.8, 4) is 11.6 Å². The number of benzene rings is 2. The lowest BCUT2D eigenvalue weighted by molar-refractivity contribution is -0.111. The number of hydrogen-bond acceptors (Lipinski definition) is 9. The molecule has 1 atom stereocenters. The Morgan fingerprint density at radius 2 is 1.97 bits per heavy atom. The molecule has 1 aliphatic heterocycles. The van der Waals surface area contributed by atoms with E-state index >= 15 is 0 Å². The molecule has 11 heteroatoms. The number of nitrogens with zero attached hydrogens (tertiary/aromatic N) is 7. The highest BCUT2D eigenvalue weighted by molar-refractivity contribution is 6.02. The Hall–Kier alpha value is -4.90. The van der Waals surface area contributed by atoms with Crippen molar-refractivity contribution in [2.75, 3.05) is 24.2 Å². The van der Waals surface area contributed by atoms with Crippen LogP contribution in [-0.2, 0) is 4.79 Å². The third-order valence-corrected chi connectivity index (χ3v) is 6.76. The number of nitrogens with one attached hydrogen (secondary N) is 2. The zero-order valence-electron chi connectivity index (χ0n) is 21.6. The van der Waals surface area contributed by atoms with E-state index in [1.807, 2.05) is 49.4 Å². The molecular weight excluding hydrogens is 494 g/mol. The highest BCUT2D eigenvalue weighted by Crippen LogP contribution is 2.30. The molecule has 0 aliphatic carbocycles. The molecule has 2 aromatic carbocycles. The zero-order chi connectivity index (χ0) is 26.8. The summed E-state index contributed by atoms with van der Waals surface area (Å²) in [4.78, 5) is 27.9. The Balaban J connectivity index is 1.18. The fraction of sp³-hybridized carbons (Fsp3) is 0.214. The molecule has 1 amide bonds. The van der Waals surface area contributed by atoms with Crippen molar-refractivity contribution in [2.45, 2.75) is 25.8 Å². The van der Waals surface area contributed by atoms with E-state index in [9.17, 15) is 4.79 Å².